The van der Waals surface area contributed by atoms with Crippen LogP contribution >= 0.6 is 0 Å². The summed E-state index contributed by atoms with van der Waals surface area (Å²) in [6, 6.07) is 9.23. The summed E-state index contributed by atoms with van der Waals surface area (Å²) < 4.78 is 5.43. The molecule has 2 aromatic rings. The molecule has 10 heteroatoms. The fourth-order valence-electron chi connectivity index (χ4n) is 6.64. The zero-order chi connectivity index (χ0) is 31.4. The second kappa shape index (κ2) is 13.6. The molecule has 0 bridgehead atoms. The topological polar surface area (TPSA) is 150 Å². The van der Waals surface area contributed by atoms with E-state index >= 15 is 0 Å². The number of non-ortho nitro benzene ring substituents is 1. The summed E-state index contributed by atoms with van der Waals surface area (Å²) in [6.07, 6.45) is 3.91. The number of aliphatic hydroxyl groups excluding tert-OH is 2. The van der Waals surface area contributed by atoms with Crippen molar-refractivity contribution in [2.45, 2.75) is 59.0 Å². The average molecular weight is 593 g/mol. The van der Waals surface area contributed by atoms with Crippen molar-refractivity contribution in [3.05, 3.63) is 79.9 Å². The molecule has 2 amide bonds. The van der Waals surface area contributed by atoms with E-state index in [0.29, 0.717) is 24.0 Å². The Balaban J connectivity index is 1.62. The van der Waals surface area contributed by atoms with Gasteiger partial charge >= 0.3 is 0 Å². The Bertz CT molecular complexity index is 1440. The average Bonchev–Trinajstić information content (AvgIpc) is 3.22. The lowest BCUT2D eigenvalue weighted by atomic mass is 9.68. The molecule has 0 aromatic heterocycles. The van der Waals surface area contributed by atoms with Gasteiger partial charge in [0.2, 0.25) is 11.8 Å². The first-order chi connectivity index (χ1) is 20.5. The number of imide groups is 1. The number of aliphatic hydroxyl groups is 2. The van der Waals surface area contributed by atoms with Crippen molar-refractivity contribution in [3.8, 4) is 5.75 Å². The number of aryl methyl sites for hydroxylation is 2. The number of nitro benzene ring substituents is 1. The van der Waals surface area contributed by atoms with Crippen LogP contribution < -0.4 is 4.90 Å². The highest BCUT2D eigenvalue weighted by Crippen LogP contribution is 2.47. The Labute approximate surface area is 251 Å². The van der Waals surface area contributed by atoms with Crippen LogP contribution in [0.5, 0.6) is 5.75 Å². The number of ether oxygens (including phenoxy) is 1. The van der Waals surface area contributed by atoms with Crippen molar-refractivity contribution in [3.63, 3.8) is 0 Å². The van der Waals surface area contributed by atoms with Gasteiger partial charge in [0.1, 0.15) is 5.75 Å². The number of rotatable bonds is 12. The van der Waals surface area contributed by atoms with E-state index in [-0.39, 0.29) is 30.2 Å². The number of carbonyl (C=O) groups excluding carboxylic acids is 2. The molecule has 1 fully saturated rings. The molecule has 4 atom stereocenters. The Morgan fingerprint density at radius 2 is 1.86 bits per heavy atom. The third-order valence-corrected chi connectivity index (χ3v) is 8.55. The molecular formula is C33H40N2O8. The number of phenols is 1. The van der Waals surface area contributed by atoms with Gasteiger partial charge in [-0.15, -0.1) is 0 Å². The first-order valence-electron chi connectivity index (χ1n) is 14.6. The highest BCUT2D eigenvalue weighted by Gasteiger charge is 2.55. The summed E-state index contributed by atoms with van der Waals surface area (Å²) in [5, 5.41) is 43.6. The zero-order valence-electron chi connectivity index (χ0n) is 25.1. The molecule has 2 aliphatic rings. The van der Waals surface area contributed by atoms with Crippen molar-refractivity contribution < 1.29 is 34.6 Å². The molecule has 0 radical (unpaired) electrons. The number of benzene rings is 2. The number of nitrogens with zero attached hydrogens (tertiary/aromatic N) is 2. The van der Waals surface area contributed by atoms with E-state index in [9.17, 15) is 35.0 Å². The van der Waals surface area contributed by atoms with Crippen LogP contribution in [0.4, 0.5) is 11.4 Å². The minimum absolute atomic E-state index is 0.111. The maximum Gasteiger partial charge on any atom is 0.271 e. The van der Waals surface area contributed by atoms with Crippen molar-refractivity contribution in [2.75, 3.05) is 25.2 Å². The van der Waals surface area contributed by atoms with E-state index in [1.807, 2.05) is 26.0 Å². The Kier molecular flexibility index (Phi) is 10.2. The molecular weight excluding hydrogens is 552 g/mol. The predicted molar refractivity (Wildman–Crippen MR) is 162 cm³/mol. The molecule has 0 unspecified atom stereocenters. The molecule has 4 rings (SSSR count). The zero-order valence-corrected chi connectivity index (χ0v) is 25.1. The van der Waals surface area contributed by atoms with Gasteiger partial charge in [0.05, 0.1) is 41.8 Å². The number of nitro groups is 1. The Morgan fingerprint density at radius 1 is 1.16 bits per heavy atom. The van der Waals surface area contributed by atoms with Crippen LogP contribution in [0.3, 0.4) is 0 Å². The number of anilines is 1. The summed E-state index contributed by atoms with van der Waals surface area (Å²) >= 11 is 0. The van der Waals surface area contributed by atoms with Crippen LogP contribution in [-0.4, -0.2) is 58.5 Å². The maximum atomic E-state index is 13.7. The highest BCUT2D eigenvalue weighted by atomic mass is 16.6. The van der Waals surface area contributed by atoms with Crippen LogP contribution in [0.1, 0.15) is 55.7 Å². The van der Waals surface area contributed by atoms with Crippen LogP contribution in [0.2, 0.25) is 0 Å². The number of allylic oxidation sites excluding steroid dienone is 1. The fraction of sp³-hybridized carbons (Fsp3) is 0.455. The van der Waals surface area contributed by atoms with Gasteiger partial charge in [0.15, 0.2) is 0 Å². The summed E-state index contributed by atoms with van der Waals surface area (Å²) in [4.78, 5) is 39.0. The standard InChI is InChI=1S/C33H40N2O8/c1-5-7-21(14-22-12-19(2)31(38)20(3)13-22)10-11-28(37)29-23(18-43-4)15-26-30(27(29)17-36)33(40)34(32(26)39)24-8-6-9-25(16-24)35(41)42/h6,8-9,12-14,16,26-28,30,36-38H,5,7,10-11,15,17-18H2,1-4H3/b21-14+/t26-,27+,28-,30-/m1/s1. The molecule has 1 aliphatic carbocycles. The smallest absolute Gasteiger partial charge is 0.271 e. The molecule has 0 spiro atoms. The van der Waals surface area contributed by atoms with Gasteiger partial charge in [-0.05, 0) is 85.6 Å². The van der Waals surface area contributed by atoms with E-state index < -0.39 is 47.2 Å². The van der Waals surface area contributed by atoms with Crippen molar-refractivity contribution in [1.82, 2.24) is 0 Å². The molecule has 10 nitrogen and oxygen atoms in total. The van der Waals surface area contributed by atoms with Crippen LogP contribution in [0, 0.1) is 41.7 Å². The first-order valence-corrected chi connectivity index (χ1v) is 14.6. The predicted octanol–water partition coefficient (Wildman–Crippen LogP) is 5.00. The molecule has 2 aromatic carbocycles. The lowest BCUT2D eigenvalue weighted by Crippen LogP contribution is -2.39. The van der Waals surface area contributed by atoms with Crippen LogP contribution in [-0.2, 0) is 14.3 Å². The summed E-state index contributed by atoms with van der Waals surface area (Å²) in [5.74, 6) is -3.24. The van der Waals surface area contributed by atoms with Crippen LogP contribution in [0.15, 0.2) is 53.1 Å². The lowest BCUT2D eigenvalue weighted by molar-refractivity contribution is -0.384. The molecule has 0 saturated carbocycles. The summed E-state index contributed by atoms with van der Waals surface area (Å²) in [7, 11) is 1.51. The van der Waals surface area contributed by atoms with Crippen molar-refractivity contribution >= 4 is 29.3 Å². The van der Waals surface area contributed by atoms with Gasteiger partial charge in [0.25, 0.3) is 5.69 Å². The Hall–Kier alpha value is -3.86. The highest BCUT2D eigenvalue weighted by molar-refractivity contribution is 6.22. The van der Waals surface area contributed by atoms with E-state index in [1.54, 1.807) is 0 Å². The lowest BCUT2D eigenvalue weighted by Gasteiger charge is -2.36. The Morgan fingerprint density at radius 3 is 2.47 bits per heavy atom. The summed E-state index contributed by atoms with van der Waals surface area (Å²) in [5.41, 5.74) is 4.74. The largest absolute Gasteiger partial charge is 0.507 e. The quantitative estimate of drug-likeness (QED) is 0.135. The number of hydrogen-bond acceptors (Lipinski definition) is 8. The minimum Gasteiger partial charge on any atom is -0.507 e. The minimum atomic E-state index is -0.985. The van der Waals surface area contributed by atoms with E-state index in [1.165, 1.54) is 31.4 Å². The van der Waals surface area contributed by atoms with E-state index in [2.05, 4.69) is 13.0 Å². The molecule has 230 valence electrons. The van der Waals surface area contributed by atoms with Gasteiger partial charge in [-0.2, -0.15) is 0 Å². The van der Waals surface area contributed by atoms with Gasteiger partial charge in [0, 0.05) is 25.2 Å². The second-order valence-corrected chi connectivity index (χ2v) is 11.5. The number of carbonyl (C=O) groups is 2. The van der Waals surface area contributed by atoms with Gasteiger partial charge in [-0.3, -0.25) is 19.7 Å². The monoisotopic (exact) mass is 592 g/mol. The number of aromatic hydroxyl groups is 1. The van der Waals surface area contributed by atoms with Gasteiger partial charge in [-0.1, -0.05) is 31.1 Å². The van der Waals surface area contributed by atoms with E-state index in [0.717, 1.165) is 40.0 Å². The SMILES string of the molecule is CCC/C(=C\c1cc(C)c(O)c(C)c1)CC[C@@H](O)C1=C(COC)C[C@H]2C(=O)N(c3cccc([N+](=O)[O-])c3)C(=O)[C@H]2[C@H]1CO. The molecule has 43 heavy (non-hydrogen) atoms. The van der Waals surface area contributed by atoms with Crippen molar-refractivity contribution in [1.29, 1.82) is 0 Å². The molecule has 1 aliphatic heterocycles. The molecule has 3 N–H and O–H groups in total. The number of fused-ring (bicyclic) bond motifs is 1. The maximum absolute atomic E-state index is 13.7. The number of amides is 2. The number of hydrogen-bond donors (Lipinski definition) is 3. The second-order valence-electron chi connectivity index (χ2n) is 11.5. The van der Waals surface area contributed by atoms with Gasteiger partial charge in [-0.25, -0.2) is 4.90 Å². The third-order valence-electron chi connectivity index (χ3n) is 8.55. The fourth-order valence-corrected chi connectivity index (χ4v) is 6.64. The van der Waals surface area contributed by atoms with Gasteiger partial charge < -0.3 is 20.1 Å². The van der Waals surface area contributed by atoms with E-state index in [4.69, 9.17) is 4.74 Å². The molecule has 1 heterocycles. The summed E-state index contributed by atoms with van der Waals surface area (Å²) in [6.45, 7) is 5.47. The normalized spacial score (nSPS) is 21.4. The van der Waals surface area contributed by atoms with Crippen LogP contribution in [0.25, 0.3) is 6.08 Å². The number of phenolic OH excluding ortho intramolecular Hbond substituents is 1. The third kappa shape index (κ3) is 6.56. The van der Waals surface area contributed by atoms with Crippen molar-refractivity contribution in [2.24, 2.45) is 17.8 Å². The molecule has 1 saturated heterocycles. The number of methoxy groups -OCH3 is 1. The first kappa shape index (κ1) is 32.1.